The van der Waals surface area contributed by atoms with Crippen molar-refractivity contribution in [3.63, 3.8) is 0 Å². The normalized spacial score (nSPS) is 24.3. The lowest BCUT2D eigenvalue weighted by atomic mass is 9.96. The summed E-state index contributed by atoms with van der Waals surface area (Å²) >= 11 is 0. The Morgan fingerprint density at radius 3 is 1.86 bits per heavy atom. The molecule has 0 atom stereocenters. The zero-order valence-corrected chi connectivity index (χ0v) is 10.4. The average Bonchev–Trinajstić information content (AvgIpc) is 2.01. The highest BCUT2D eigenvalue weighted by atomic mass is 31.1. The Morgan fingerprint density at radius 1 is 0.929 bits per heavy atom. The van der Waals surface area contributed by atoms with Crippen molar-refractivity contribution in [2.45, 2.75) is 44.4 Å². The molecule has 0 radical (unpaired) electrons. The number of benzene rings is 1. The molecule has 0 bridgehead atoms. The fraction of sp³-hybridized carbons (Fsp3) is 0.538. The molecule has 0 unspecified atom stereocenters. The highest BCUT2D eigenvalue weighted by Gasteiger charge is 2.52. The minimum Gasteiger partial charge on any atom is -0.0637 e. The van der Waals surface area contributed by atoms with Crippen LogP contribution in [0.4, 0.5) is 0 Å². The van der Waals surface area contributed by atoms with Crippen LogP contribution in [0.5, 0.6) is 0 Å². The Balaban J connectivity index is 2.34. The molecule has 2 rings (SSSR count). The van der Waals surface area contributed by atoms with Crippen molar-refractivity contribution in [1.82, 2.24) is 0 Å². The first-order valence-corrected chi connectivity index (χ1v) is 6.63. The summed E-state index contributed by atoms with van der Waals surface area (Å²) < 4.78 is 0. The van der Waals surface area contributed by atoms with Gasteiger partial charge in [-0.1, -0.05) is 65.9 Å². The Morgan fingerprint density at radius 2 is 1.43 bits per heavy atom. The summed E-state index contributed by atoms with van der Waals surface area (Å²) in [6.07, 6.45) is 1.36. The van der Waals surface area contributed by atoms with E-state index in [0.717, 1.165) is 0 Å². The Bertz CT molecular complexity index is 310. The van der Waals surface area contributed by atoms with Crippen LogP contribution in [0.3, 0.4) is 0 Å². The minimum atomic E-state index is 0.0206. The van der Waals surface area contributed by atoms with E-state index in [-0.39, 0.29) is 7.92 Å². The van der Waals surface area contributed by atoms with Gasteiger partial charge in [0.2, 0.25) is 0 Å². The zero-order valence-electron chi connectivity index (χ0n) is 9.54. The maximum absolute atomic E-state index is 2.41. The lowest BCUT2D eigenvalue weighted by molar-refractivity contribution is 0.455. The molecular formula is C13H19P. The zero-order chi connectivity index (χ0) is 10.4. The predicted octanol–water partition coefficient (Wildman–Crippen LogP) is 3.75. The molecule has 1 heteroatoms. The van der Waals surface area contributed by atoms with E-state index in [9.17, 15) is 0 Å². The van der Waals surface area contributed by atoms with Gasteiger partial charge in [0.1, 0.15) is 0 Å². The van der Waals surface area contributed by atoms with Crippen molar-refractivity contribution in [2.75, 3.05) is 0 Å². The molecule has 76 valence electrons. The maximum atomic E-state index is 2.41. The maximum Gasteiger partial charge on any atom is -0.00975 e. The molecule has 14 heavy (non-hydrogen) atoms. The third-order valence-corrected chi connectivity index (χ3v) is 6.64. The Kier molecular flexibility index (Phi) is 2.23. The van der Waals surface area contributed by atoms with Crippen LogP contribution in [0.1, 0.15) is 34.1 Å². The van der Waals surface area contributed by atoms with Crippen LogP contribution in [0.25, 0.3) is 0 Å². The first-order chi connectivity index (χ1) is 6.43. The molecule has 1 aromatic carbocycles. The second-order valence-electron chi connectivity index (χ2n) is 5.47. The predicted molar refractivity (Wildman–Crippen MR) is 65.8 cm³/mol. The number of hydrogen-bond donors (Lipinski definition) is 0. The van der Waals surface area contributed by atoms with Crippen molar-refractivity contribution >= 4 is 13.2 Å². The highest BCUT2D eigenvalue weighted by molar-refractivity contribution is 7.70. The van der Waals surface area contributed by atoms with Crippen LogP contribution in [-0.4, -0.2) is 10.3 Å². The largest absolute Gasteiger partial charge is 0.0637 e. The summed E-state index contributed by atoms with van der Waals surface area (Å²) in [4.78, 5) is 0. The van der Waals surface area contributed by atoms with E-state index in [2.05, 4.69) is 58.0 Å². The SMILES string of the molecule is CC1(C)CC(C)(C)P1c1ccccc1. The molecule has 0 amide bonds. The molecule has 1 heterocycles. The molecule has 1 saturated heterocycles. The molecular weight excluding hydrogens is 187 g/mol. The first kappa shape index (κ1) is 10.2. The fourth-order valence-corrected chi connectivity index (χ4v) is 7.56. The molecule has 1 aliphatic heterocycles. The van der Waals surface area contributed by atoms with E-state index in [1.54, 1.807) is 5.30 Å². The van der Waals surface area contributed by atoms with Crippen molar-refractivity contribution in [3.8, 4) is 0 Å². The van der Waals surface area contributed by atoms with Gasteiger partial charge in [-0.25, -0.2) is 0 Å². The third-order valence-electron chi connectivity index (χ3n) is 3.09. The Labute approximate surface area is 88.5 Å². The minimum absolute atomic E-state index is 0.0206. The highest BCUT2D eigenvalue weighted by Crippen LogP contribution is 2.72. The Hall–Kier alpha value is -0.350. The monoisotopic (exact) mass is 206 g/mol. The average molecular weight is 206 g/mol. The van der Waals surface area contributed by atoms with E-state index >= 15 is 0 Å². The topological polar surface area (TPSA) is 0 Å². The number of rotatable bonds is 1. The summed E-state index contributed by atoms with van der Waals surface area (Å²) in [5.41, 5.74) is 0. The van der Waals surface area contributed by atoms with Crippen molar-refractivity contribution in [2.24, 2.45) is 0 Å². The van der Waals surface area contributed by atoms with Crippen LogP contribution in [-0.2, 0) is 0 Å². The molecule has 1 fully saturated rings. The summed E-state index contributed by atoms with van der Waals surface area (Å²) in [7, 11) is 0.0206. The van der Waals surface area contributed by atoms with E-state index in [1.807, 2.05) is 0 Å². The van der Waals surface area contributed by atoms with Crippen LogP contribution in [0.15, 0.2) is 30.3 Å². The van der Waals surface area contributed by atoms with Gasteiger partial charge in [0, 0.05) is 0 Å². The quantitative estimate of drug-likeness (QED) is 0.614. The molecule has 0 N–H and O–H groups in total. The van der Waals surface area contributed by atoms with Crippen LogP contribution < -0.4 is 5.30 Å². The molecule has 0 aromatic heterocycles. The smallest absolute Gasteiger partial charge is 0.00975 e. The van der Waals surface area contributed by atoms with Gasteiger partial charge in [-0.05, 0) is 22.0 Å². The third kappa shape index (κ3) is 1.50. The first-order valence-electron chi connectivity index (χ1n) is 5.29. The van der Waals surface area contributed by atoms with Crippen molar-refractivity contribution < 1.29 is 0 Å². The molecule has 0 nitrogen and oxygen atoms in total. The van der Waals surface area contributed by atoms with Crippen LogP contribution in [0.2, 0.25) is 0 Å². The van der Waals surface area contributed by atoms with Crippen LogP contribution >= 0.6 is 7.92 Å². The molecule has 0 spiro atoms. The van der Waals surface area contributed by atoms with Gasteiger partial charge in [0.05, 0.1) is 0 Å². The van der Waals surface area contributed by atoms with Gasteiger partial charge in [0.25, 0.3) is 0 Å². The second kappa shape index (κ2) is 3.07. The molecule has 1 aliphatic rings. The van der Waals surface area contributed by atoms with E-state index in [0.29, 0.717) is 10.3 Å². The summed E-state index contributed by atoms with van der Waals surface area (Å²) in [6.45, 7) is 9.65. The van der Waals surface area contributed by atoms with Gasteiger partial charge in [0.15, 0.2) is 0 Å². The van der Waals surface area contributed by atoms with E-state index < -0.39 is 0 Å². The summed E-state index contributed by atoms with van der Waals surface area (Å²) in [6, 6.07) is 11.0. The van der Waals surface area contributed by atoms with Gasteiger partial charge in [-0.15, -0.1) is 0 Å². The molecule has 0 aliphatic carbocycles. The molecule has 1 aromatic rings. The summed E-state index contributed by atoms with van der Waals surface area (Å²) in [5.74, 6) is 0. The van der Waals surface area contributed by atoms with Gasteiger partial charge >= 0.3 is 0 Å². The lowest BCUT2D eigenvalue weighted by Gasteiger charge is -2.58. The van der Waals surface area contributed by atoms with E-state index in [1.165, 1.54) is 6.42 Å². The van der Waals surface area contributed by atoms with Crippen molar-refractivity contribution in [3.05, 3.63) is 30.3 Å². The number of hydrogen-bond acceptors (Lipinski definition) is 0. The standard InChI is InChI=1S/C13H19P/c1-12(2)10-13(3,4)14(12)11-8-6-5-7-9-11/h5-9H,10H2,1-4H3. The van der Waals surface area contributed by atoms with Crippen LogP contribution in [0, 0.1) is 0 Å². The van der Waals surface area contributed by atoms with Gasteiger partial charge in [-0.3, -0.25) is 0 Å². The fourth-order valence-electron chi connectivity index (χ4n) is 3.22. The van der Waals surface area contributed by atoms with Gasteiger partial charge < -0.3 is 0 Å². The van der Waals surface area contributed by atoms with Gasteiger partial charge in [-0.2, -0.15) is 0 Å². The molecule has 0 saturated carbocycles. The summed E-state index contributed by atoms with van der Waals surface area (Å²) in [5, 5.41) is 2.66. The second-order valence-corrected chi connectivity index (χ2v) is 9.08. The van der Waals surface area contributed by atoms with E-state index in [4.69, 9.17) is 0 Å². The van der Waals surface area contributed by atoms with Crippen molar-refractivity contribution in [1.29, 1.82) is 0 Å². The lowest BCUT2D eigenvalue weighted by Crippen LogP contribution is -2.49.